The van der Waals surface area contributed by atoms with Gasteiger partial charge in [0.2, 0.25) is 0 Å². The zero-order valence-electron chi connectivity index (χ0n) is 10.4. The molecule has 0 saturated heterocycles. The van der Waals surface area contributed by atoms with Gasteiger partial charge >= 0.3 is 0 Å². The standard InChI is InChI=1S/C11H15FN2O3S/c1-11(2,3)18(17)13-7-8-6-9(14(15)16)4-5-10(8)12/h4-6,13H,7H2,1-3H3. The van der Waals surface area contributed by atoms with E-state index in [0.717, 1.165) is 18.2 Å². The highest BCUT2D eigenvalue weighted by atomic mass is 32.2. The molecule has 0 aliphatic carbocycles. The largest absolute Gasteiger partial charge is 0.598 e. The molecule has 0 aliphatic heterocycles. The first-order valence-electron chi connectivity index (χ1n) is 5.30. The van der Waals surface area contributed by atoms with Crippen molar-refractivity contribution in [2.45, 2.75) is 32.1 Å². The van der Waals surface area contributed by atoms with Crippen molar-refractivity contribution in [3.05, 3.63) is 39.7 Å². The number of rotatable bonds is 4. The summed E-state index contributed by atoms with van der Waals surface area (Å²) in [5, 5.41) is 10.6. The molecule has 1 aromatic rings. The lowest BCUT2D eigenvalue weighted by Crippen LogP contribution is -2.39. The Morgan fingerprint density at radius 3 is 2.56 bits per heavy atom. The number of halogens is 1. The van der Waals surface area contributed by atoms with E-state index in [1.807, 2.05) is 0 Å². The van der Waals surface area contributed by atoms with Crippen LogP contribution in [0.3, 0.4) is 0 Å². The van der Waals surface area contributed by atoms with Crippen molar-refractivity contribution in [2.75, 3.05) is 0 Å². The summed E-state index contributed by atoms with van der Waals surface area (Å²) < 4.78 is 27.3. The predicted molar refractivity (Wildman–Crippen MR) is 67.8 cm³/mol. The Morgan fingerprint density at radius 2 is 2.06 bits per heavy atom. The number of hydrogen-bond donors (Lipinski definition) is 1. The van der Waals surface area contributed by atoms with Gasteiger partial charge in [-0.15, -0.1) is 4.72 Å². The molecule has 18 heavy (non-hydrogen) atoms. The average molecular weight is 274 g/mol. The van der Waals surface area contributed by atoms with Gasteiger partial charge in [-0.05, 0) is 26.8 Å². The average Bonchev–Trinajstić information content (AvgIpc) is 2.25. The van der Waals surface area contributed by atoms with E-state index < -0.39 is 26.8 Å². The number of nitrogens with zero attached hydrogens (tertiary/aromatic N) is 1. The fraction of sp³-hybridized carbons (Fsp3) is 0.455. The van der Waals surface area contributed by atoms with Crippen molar-refractivity contribution in [1.29, 1.82) is 0 Å². The molecule has 7 heteroatoms. The monoisotopic (exact) mass is 274 g/mol. The normalized spacial score (nSPS) is 13.4. The zero-order chi connectivity index (χ0) is 13.9. The summed E-state index contributed by atoms with van der Waals surface area (Å²) in [5.41, 5.74) is -0.0588. The van der Waals surface area contributed by atoms with E-state index in [4.69, 9.17) is 0 Å². The van der Waals surface area contributed by atoms with Gasteiger partial charge in [-0.3, -0.25) is 10.1 Å². The second-order valence-electron chi connectivity index (χ2n) is 4.74. The third-order valence-corrected chi connectivity index (χ3v) is 3.71. The van der Waals surface area contributed by atoms with Crippen molar-refractivity contribution in [3.8, 4) is 0 Å². The van der Waals surface area contributed by atoms with Crippen LogP contribution in [0.25, 0.3) is 0 Å². The fourth-order valence-electron chi connectivity index (χ4n) is 1.17. The summed E-state index contributed by atoms with van der Waals surface area (Å²) >= 11 is -1.35. The molecular formula is C11H15FN2O3S. The first kappa shape index (κ1) is 14.9. The van der Waals surface area contributed by atoms with E-state index >= 15 is 0 Å². The second-order valence-corrected chi connectivity index (χ2v) is 6.79. The Morgan fingerprint density at radius 1 is 1.44 bits per heavy atom. The highest BCUT2D eigenvalue weighted by Gasteiger charge is 2.26. The lowest BCUT2D eigenvalue weighted by atomic mass is 10.2. The van der Waals surface area contributed by atoms with E-state index in [0.29, 0.717) is 0 Å². The molecule has 1 unspecified atom stereocenters. The van der Waals surface area contributed by atoms with Crippen LogP contribution in [0.5, 0.6) is 0 Å². The smallest absolute Gasteiger partial charge is 0.269 e. The van der Waals surface area contributed by atoms with Gasteiger partial charge in [-0.25, -0.2) is 4.39 Å². The quantitative estimate of drug-likeness (QED) is 0.519. The van der Waals surface area contributed by atoms with E-state index in [-0.39, 0.29) is 17.8 Å². The number of nitro groups is 1. The Balaban J connectivity index is 2.78. The molecule has 1 atom stereocenters. The maximum atomic E-state index is 13.4. The lowest BCUT2D eigenvalue weighted by Gasteiger charge is -2.23. The molecule has 0 heterocycles. The number of nitro benzene ring substituents is 1. The first-order valence-corrected chi connectivity index (χ1v) is 6.45. The minimum atomic E-state index is -1.35. The molecule has 0 fully saturated rings. The molecule has 0 amide bonds. The number of hydrogen-bond acceptors (Lipinski definition) is 4. The Kier molecular flexibility index (Phi) is 4.66. The van der Waals surface area contributed by atoms with Crippen molar-refractivity contribution in [1.82, 2.24) is 4.72 Å². The summed E-state index contributed by atoms with van der Waals surface area (Å²) in [6.45, 7) is 5.32. The van der Waals surface area contributed by atoms with Crippen LogP contribution in [-0.4, -0.2) is 14.2 Å². The van der Waals surface area contributed by atoms with Crippen molar-refractivity contribution in [2.24, 2.45) is 0 Å². The highest BCUT2D eigenvalue weighted by Crippen LogP contribution is 2.18. The minimum absolute atomic E-state index is 0.0165. The van der Waals surface area contributed by atoms with Crippen LogP contribution in [0, 0.1) is 15.9 Å². The summed E-state index contributed by atoms with van der Waals surface area (Å²) in [4.78, 5) is 9.97. The van der Waals surface area contributed by atoms with Gasteiger partial charge in [0.05, 0.1) is 11.5 Å². The molecule has 0 radical (unpaired) electrons. The molecule has 0 saturated carbocycles. The molecule has 5 nitrogen and oxygen atoms in total. The van der Waals surface area contributed by atoms with E-state index in [2.05, 4.69) is 4.72 Å². The van der Waals surface area contributed by atoms with Gasteiger partial charge in [0.25, 0.3) is 5.69 Å². The molecule has 1 rings (SSSR count). The molecule has 100 valence electrons. The Hall–Kier alpha value is -1.18. The van der Waals surface area contributed by atoms with Crippen LogP contribution in [0.1, 0.15) is 26.3 Å². The van der Waals surface area contributed by atoms with Gasteiger partial charge < -0.3 is 4.55 Å². The van der Waals surface area contributed by atoms with Crippen LogP contribution in [-0.2, 0) is 17.9 Å². The second kappa shape index (κ2) is 5.64. The van der Waals surface area contributed by atoms with Crippen molar-refractivity contribution < 1.29 is 13.9 Å². The summed E-state index contributed by atoms with van der Waals surface area (Å²) in [6, 6.07) is 3.27. The van der Waals surface area contributed by atoms with Crippen LogP contribution in [0.2, 0.25) is 0 Å². The molecule has 1 N–H and O–H groups in total. The summed E-state index contributed by atoms with van der Waals surface area (Å²) in [5.74, 6) is -0.556. The molecule has 1 aromatic carbocycles. The Labute approximate surface area is 108 Å². The van der Waals surface area contributed by atoms with Gasteiger partial charge in [-0.2, -0.15) is 0 Å². The highest BCUT2D eigenvalue weighted by molar-refractivity contribution is 7.90. The number of nitrogens with one attached hydrogen (secondary N) is 1. The number of non-ortho nitro benzene ring substituents is 1. The third-order valence-electron chi connectivity index (χ3n) is 2.19. The maximum absolute atomic E-state index is 13.4. The lowest BCUT2D eigenvalue weighted by molar-refractivity contribution is -0.385. The van der Waals surface area contributed by atoms with E-state index in [9.17, 15) is 19.1 Å². The van der Waals surface area contributed by atoms with E-state index in [1.165, 1.54) is 0 Å². The molecule has 0 bridgehead atoms. The first-order chi connectivity index (χ1) is 8.21. The summed E-state index contributed by atoms with van der Waals surface area (Å²) in [6.07, 6.45) is 0. The predicted octanol–water partition coefficient (Wildman–Crippen LogP) is 2.29. The molecule has 0 spiro atoms. The fourth-order valence-corrected chi connectivity index (χ4v) is 1.89. The van der Waals surface area contributed by atoms with Crippen LogP contribution < -0.4 is 4.72 Å². The minimum Gasteiger partial charge on any atom is -0.598 e. The summed E-state index contributed by atoms with van der Waals surface area (Å²) in [7, 11) is 0. The maximum Gasteiger partial charge on any atom is 0.269 e. The number of benzene rings is 1. The van der Waals surface area contributed by atoms with Crippen LogP contribution in [0.4, 0.5) is 10.1 Å². The molecular weight excluding hydrogens is 259 g/mol. The van der Waals surface area contributed by atoms with Gasteiger partial charge in [-0.1, -0.05) is 0 Å². The zero-order valence-corrected chi connectivity index (χ0v) is 11.2. The molecule has 0 aliphatic rings. The van der Waals surface area contributed by atoms with Gasteiger partial charge in [0, 0.05) is 29.1 Å². The SMILES string of the molecule is CC(C)(C)[S+]([O-])NCc1cc([N+](=O)[O-])ccc1F. The van der Waals surface area contributed by atoms with Crippen LogP contribution >= 0.6 is 0 Å². The van der Waals surface area contributed by atoms with Crippen LogP contribution in [0.15, 0.2) is 18.2 Å². The van der Waals surface area contributed by atoms with Crippen molar-refractivity contribution in [3.63, 3.8) is 0 Å². The molecule has 0 aromatic heterocycles. The third kappa shape index (κ3) is 3.94. The Bertz CT molecular complexity index is 448. The van der Waals surface area contributed by atoms with Gasteiger partial charge in [0.1, 0.15) is 10.6 Å². The van der Waals surface area contributed by atoms with Crippen molar-refractivity contribution >= 4 is 17.0 Å². The van der Waals surface area contributed by atoms with Gasteiger partial charge in [0.15, 0.2) is 0 Å². The van der Waals surface area contributed by atoms with E-state index in [1.54, 1.807) is 20.8 Å². The topological polar surface area (TPSA) is 78.2 Å².